The van der Waals surface area contributed by atoms with Gasteiger partial charge in [0, 0.05) is 18.1 Å². The topological polar surface area (TPSA) is 42.7 Å². The first-order valence-electron chi connectivity index (χ1n) is 6.36. The molecule has 19 heavy (non-hydrogen) atoms. The summed E-state index contributed by atoms with van der Waals surface area (Å²) in [5, 5.41) is 8.69. The molecule has 0 unspecified atom stereocenters. The summed E-state index contributed by atoms with van der Waals surface area (Å²) < 4.78 is 1.98. The minimum absolute atomic E-state index is 0.702. The Kier molecular flexibility index (Phi) is 3.25. The number of nitrogens with one attached hydrogen (secondary N) is 1. The monoisotopic (exact) mass is 252 g/mol. The number of aromatic nitrogens is 3. The van der Waals surface area contributed by atoms with Gasteiger partial charge in [-0.25, -0.2) is 0 Å². The summed E-state index contributed by atoms with van der Waals surface area (Å²) in [7, 11) is 1.93. The molecule has 0 fully saturated rings. The first-order chi connectivity index (χ1) is 9.36. The fourth-order valence-corrected chi connectivity index (χ4v) is 2.16. The summed E-state index contributed by atoms with van der Waals surface area (Å²) in [4.78, 5) is 4.48. The second-order valence-electron chi connectivity index (χ2n) is 4.55. The fourth-order valence-electron chi connectivity index (χ4n) is 2.16. The van der Waals surface area contributed by atoms with Crippen LogP contribution in [0.4, 0.5) is 0 Å². The second-order valence-corrected chi connectivity index (χ2v) is 4.55. The van der Waals surface area contributed by atoms with Gasteiger partial charge in [-0.1, -0.05) is 24.3 Å². The second kappa shape index (κ2) is 5.20. The van der Waals surface area contributed by atoms with Gasteiger partial charge in [-0.05, 0) is 24.7 Å². The third-order valence-electron chi connectivity index (χ3n) is 3.13. The van der Waals surface area contributed by atoms with Crippen LogP contribution < -0.4 is 5.32 Å². The van der Waals surface area contributed by atoms with E-state index in [0.717, 1.165) is 23.1 Å². The van der Waals surface area contributed by atoms with Crippen LogP contribution in [0.25, 0.3) is 10.9 Å². The van der Waals surface area contributed by atoms with E-state index < -0.39 is 0 Å². The Balaban J connectivity index is 1.84. The number of hydrogen-bond donors (Lipinski definition) is 1. The highest BCUT2D eigenvalue weighted by molar-refractivity contribution is 5.78. The number of benzene rings is 1. The Labute approximate surface area is 112 Å². The maximum absolute atomic E-state index is 4.48. The van der Waals surface area contributed by atoms with Crippen LogP contribution in [0.2, 0.25) is 0 Å². The molecule has 0 amide bonds. The third kappa shape index (κ3) is 2.48. The van der Waals surface area contributed by atoms with E-state index in [0.29, 0.717) is 6.54 Å². The highest BCUT2D eigenvalue weighted by Crippen LogP contribution is 2.13. The number of nitrogens with zero attached hydrogens (tertiary/aromatic N) is 3. The maximum Gasteiger partial charge on any atom is 0.0838 e. The number of hydrogen-bond acceptors (Lipinski definition) is 3. The first-order valence-corrected chi connectivity index (χ1v) is 6.36. The lowest BCUT2D eigenvalue weighted by Crippen LogP contribution is -2.07. The summed E-state index contributed by atoms with van der Waals surface area (Å²) in [5.74, 6) is 0. The van der Waals surface area contributed by atoms with Crippen LogP contribution in [0.1, 0.15) is 11.3 Å². The van der Waals surface area contributed by atoms with E-state index in [4.69, 9.17) is 0 Å². The van der Waals surface area contributed by atoms with Crippen molar-refractivity contribution in [3.05, 3.63) is 60.0 Å². The largest absolute Gasteiger partial charge is 0.316 e. The van der Waals surface area contributed by atoms with Crippen molar-refractivity contribution in [3.63, 3.8) is 0 Å². The summed E-state index contributed by atoms with van der Waals surface area (Å²) in [6, 6.07) is 12.4. The molecular weight excluding hydrogens is 236 g/mol. The van der Waals surface area contributed by atoms with Gasteiger partial charge >= 0.3 is 0 Å². The van der Waals surface area contributed by atoms with Crippen LogP contribution in [0.15, 0.2) is 48.8 Å². The van der Waals surface area contributed by atoms with Crippen LogP contribution >= 0.6 is 0 Å². The predicted molar refractivity (Wildman–Crippen MR) is 75.8 cm³/mol. The predicted octanol–water partition coefficient (Wildman–Crippen LogP) is 2.20. The minimum atomic E-state index is 0.702. The maximum atomic E-state index is 4.48. The molecule has 0 bridgehead atoms. The molecule has 0 aliphatic carbocycles. The lowest BCUT2D eigenvalue weighted by atomic mass is 10.2. The van der Waals surface area contributed by atoms with Gasteiger partial charge in [-0.2, -0.15) is 5.10 Å². The van der Waals surface area contributed by atoms with Crippen molar-refractivity contribution in [1.29, 1.82) is 0 Å². The molecule has 1 aromatic carbocycles. The van der Waals surface area contributed by atoms with Gasteiger partial charge < -0.3 is 5.32 Å². The standard InChI is InChI=1S/C15H16N4/c1-16-8-12-6-7-14(17-9-12)11-19-15-5-3-2-4-13(15)10-18-19/h2-7,9-10,16H,8,11H2,1H3. The van der Waals surface area contributed by atoms with Crippen LogP contribution in [-0.2, 0) is 13.1 Å². The van der Waals surface area contributed by atoms with Gasteiger partial charge in [0.15, 0.2) is 0 Å². The van der Waals surface area contributed by atoms with Crippen LogP contribution in [0.5, 0.6) is 0 Å². The normalized spacial score (nSPS) is 11.0. The Bertz CT molecular complexity index is 670. The van der Waals surface area contributed by atoms with Gasteiger partial charge in [0.1, 0.15) is 0 Å². The SMILES string of the molecule is CNCc1ccc(Cn2ncc3ccccc32)nc1. The van der Waals surface area contributed by atoms with Gasteiger partial charge in [-0.15, -0.1) is 0 Å². The van der Waals surface area contributed by atoms with Crippen LogP contribution in [0.3, 0.4) is 0 Å². The molecular formula is C15H16N4. The Morgan fingerprint density at radius 3 is 2.79 bits per heavy atom. The summed E-state index contributed by atoms with van der Waals surface area (Å²) in [6.45, 7) is 1.55. The minimum Gasteiger partial charge on any atom is -0.316 e. The van der Waals surface area contributed by atoms with Crippen LogP contribution in [0, 0.1) is 0 Å². The molecule has 0 aliphatic rings. The van der Waals surface area contributed by atoms with Crippen molar-refractivity contribution in [3.8, 4) is 0 Å². The van der Waals surface area contributed by atoms with E-state index in [1.807, 2.05) is 36.3 Å². The van der Waals surface area contributed by atoms with E-state index in [2.05, 4.69) is 39.7 Å². The molecule has 0 saturated heterocycles. The zero-order chi connectivity index (χ0) is 13.1. The number of rotatable bonds is 4. The first kappa shape index (κ1) is 11.9. The quantitative estimate of drug-likeness (QED) is 0.774. The number of pyridine rings is 1. The molecule has 96 valence electrons. The molecule has 4 heteroatoms. The smallest absolute Gasteiger partial charge is 0.0838 e. The number of fused-ring (bicyclic) bond motifs is 1. The third-order valence-corrected chi connectivity index (χ3v) is 3.13. The summed E-state index contributed by atoms with van der Waals surface area (Å²) in [5.41, 5.74) is 3.36. The zero-order valence-electron chi connectivity index (χ0n) is 10.9. The Morgan fingerprint density at radius 1 is 1.11 bits per heavy atom. The van der Waals surface area contributed by atoms with Gasteiger partial charge in [0.2, 0.25) is 0 Å². The van der Waals surface area contributed by atoms with Crippen molar-refractivity contribution in [2.45, 2.75) is 13.1 Å². The molecule has 0 saturated carbocycles. The van der Waals surface area contributed by atoms with E-state index in [-0.39, 0.29) is 0 Å². The molecule has 1 N–H and O–H groups in total. The van der Waals surface area contributed by atoms with E-state index in [9.17, 15) is 0 Å². The molecule has 0 radical (unpaired) electrons. The van der Waals surface area contributed by atoms with Gasteiger partial charge in [0.25, 0.3) is 0 Å². The Hall–Kier alpha value is -2.20. The molecule has 4 nitrogen and oxygen atoms in total. The van der Waals surface area contributed by atoms with Crippen molar-refractivity contribution in [2.75, 3.05) is 7.05 Å². The van der Waals surface area contributed by atoms with E-state index >= 15 is 0 Å². The van der Waals surface area contributed by atoms with Gasteiger partial charge in [-0.3, -0.25) is 9.67 Å². The summed E-state index contributed by atoms with van der Waals surface area (Å²) >= 11 is 0. The van der Waals surface area contributed by atoms with E-state index in [1.165, 1.54) is 5.56 Å². The lowest BCUT2D eigenvalue weighted by molar-refractivity contribution is 0.694. The highest BCUT2D eigenvalue weighted by atomic mass is 15.3. The molecule has 2 heterocycles. The molecule has 2 aromatic heterocycles. The van der Waals surface area contributed by atoms with Crippen molar-refractivity contribution in [1.82, 2.24) is 20.1 Å². The average molecular weight is 252 g/mol. The molecule has 0 spiro atoms. The number of para-hydroxylation sites is 1. The zero-order valence-corrected chi connectivity index (χ0v) is 10.9. The molecule has 0 aliphatic heterocycles. The van der Waals surface area contributed by atoms with Crippen molar-refractivity contribution >= 4 is 10.9 Å². The van der Waals surface area contributed by atoms with Crippen molar-refractivity contribution in [2.24, 2.45) is 0 Å². The molecule has 0 atom stereocenters. The van der Waals surface area contributed by atoms with Gasteiger partial charge in [0.05, 0.1) is 24.0 Å². The fraction of sp³-hybridized carbons (Fsp3) is 0.200. The molecule has 3 rings (SSSR count). The van der Waals surface area contributed by atoms with Crippen LogP contribution in [-0.4, -0.2) is 21.8 Å². The average Bonchev–Trinajstić information content (AvgIpc) is 2.85. The lowest BCUT2D eigenvalue weighted by Gasteiger charge is -2.05. The van der Waals surface area contributed by atoms with Crippen molar-refractivity contribution < 1.29 is 0 Å². The Morgan fingerprint density at radius 2 is 2.00 bits per heavy atom. The highest BCUT2D eigenvalue weighted by Gasteiger charge is 2.03. The van der Waals surface area contributed by atoms with E-state index in [1.54, 1.807) is 0 Å². The summed E-state index contributed by atoms with van der Waals surface area (Å²) in [6.07, 6.45) is 3.81. The molecule has 3 aromatic rings.